The third-order valence-electron chi connectivity index (χ3n) is 5.94. The zero-order valence-electron chi connectivity index (χ0n) is 18.5. The van der Waals surface area contributed by atoms with Crippen molar-refractivity contribution in [3.8, 4) is 0 Å². The maximum atomic E-state index is 13.3. The number of amides is 1. The summed E-state index contributed by atoms with van der Waals surface area (Å²) in [6.45, 7) is 2.09. The minimum atomic E-state index is -3.13. The topological polar surface area (TPSA) is 115 Å². The van der Waals surface area contributed by atoms with Gasteiger partial charge in [0.25, 0.3) is 5.56 Å². The van der Waals surface area contributed by atoms with E-state index in [2.05, 4.69) is 15.5 Å². The average Bonchev–Trinajstić information content (AvgIpc) is 3.35. The number of nitrogens with zero attached hydrogens (tertiary/aromatic N) is 4. The van der Waals surface area contributed by atoms with E-state index in [1.807, 2.05) is 48.5 Å². The SMILES string of the molecule is CC1(NC(=O)CSc2nnc3n(Cc4ccccc4)c(=O)c4ccccc4n23)CCS(=O)(=O)C1. The number of hydrogen-bond acceptors (Lipinski definition) is 7. The van der Waals surface area contributed by atoms with Crippen LogP contribution in [-0.2, 0) is 21.2 Å². The standard InChI is InChI=1S/C23H23N5O4S2/c1-23(11-12-34(31,32)15-23)24-19(29)14-33-22-26-25-21-27(13-16-7-3-2-4-8-16)20(30)17-9-5-6-10-18(17)28(21)22/h2-10H,11-15H2,1H3,(H,24,29). The van der Waals surface area contributed by atoms with Crippen LogP contribution in [0.3, 0.4) is 0 Å². The average molecular weight is 498 g/mol. The van der Waals surface area contributed by atoms with Gasteiger partial charge in [0.05, 0.1) is 40.2 Å². The Morgan fingerprint density at radius 2 is 1.85 bits per heavy atom. The van der Waals surface area contributed by atoms with E-state index in [-0.39, 0.29) is 28.7 Å². The zero-order valence-corrected chi connectivity index (χ0v) is 20.1. The molecule has 2 aromatic heterocycles. The van der Waals surface area contributed by atoms with Gasteiger partial charge < -0.3 is 5.32 Å². The summed E-state index contributed by atoms with van der Waals surface area (Å²) in [7, 11) is -3.13. The van der Waals surface area contributed by atoms with Crippen molar-refractivity contribution in [2.45, 2.75) is 30.6 Å². The van der Waals surface area contributed by atoms with Crippen LogP contribution in [0.25, 0.3) is 16.7 Å². The molecule has 0 aliphatic carbocycles. The summed E-state index contributed by atoms with van der Waals surface area (Å²) >= 11 is 1.19. The Kier molecular flexibility index (Phi) is 5.68. The van der Waals surface area contributed by atoms with E-state index >= 15 is 0 Å². The minimum absolute atomic E-state index is 0.0442. The van der Waals surface area contributed by atoms with Crippen molar-refractivity contribution in [1.82, 2.24) is 24.5 Å². The molecular weight excluding hydrogens is 474 g/mol. The lowest BCUT2D eigenvalue weighted by Gasteiger charge is -2.23. The Hall–Kier alpha value is -3.18. The number of thioether (sulfide) groups is 1. The number of para-hydroxylation sites is 1. The Morgan fingerprint density at radius 3 is 2.59 bits per heavy atom. The lowest BCUT2D eigenvalue weighted by Crippen LogP contribution is -2.47. The van der Waals surface area contributed by atoms with Crippen molar-refractivity contribution >= 4 is 44.2 Å². The molecule has 1 unspecified atom stereocenters. The first-order valence-electron chi connectivity index (χ1n) is 10.8. The number of carbonyl (C=O) groups is 1. The first-order valence-corrected chi connectivity index (χ1v) is 13.6. The third kappa shape index (κ3) is 4.32. The van der Waals surface area contributed by atoms with Gasteiger partial charge in [-0.3, -0.25) is 18.6 Å². The number of aromatic nitrogens is 4. The molecular formula is C23H23N5O4S2. The number of nitrogens with one attached hydrogen (secondary N) is 1. The maximum absolute atomic E-state index is 13.3. The molecule has 2 aromatic carbocycles. The summed E-state index contributed by atoms with van der Waals surface area (Å²) in [6, 6.07) is 16.9. The van der Waals surface area contributed by atoms with Crippen molar-refractivity contribution in [2.75, 3.05) is 17.3 Å². The quantitative estimate of drug-likeness (QED) is 0.405. The van der Waals surface area contributed by atoms with Gasteiger partial charge >= 0.3 is 0 Å². The summed E-state index contributed by atoms with van der Waals surface area (Å²) in [5, 5.41) is 12.4. The number of hydrogen-bond donors (Lipinski definition) is 1. The van der Waals surface area contributed by atoms with Crippen molar-refractivity contribution in [3.63, 3.8) is 0 Å². The van der Waals surface area contributed by atoms with Gasteiger partial charge in [0.2, 0.25) is 11.7 Å². The van der Waals surface area contributed by atoms with Crippen LogP contribution in [0.5, 0.6) is 0 Å². The van der Waals surface area contributed by atoms with Crippen LogP contribution in [0.2, 0.25) is 0 Å². The fraction of sp³-hybridized carbons (Fsp3) is 0.304. The highest BCUT2D eigenvalue weighted by molar-refractivity contribution is 7.99. The van der Waals surface area contributed by atoms with Gasteiger partial charge in [-0.2, -0.15) is 0 Å². The predicted molar refractivity (Wildman–Crippen MR) is 131 cm³/mol. The molecule has 0 spiro atoms. The van der Waals surface area contributed by atoms with E-state index in [4.69, 9.17) is 0 Å². The molecule has 176 valence electrons. The molecule has 1 fully saturated rings. The molecule has 0 saturated carbocycles. The monoisotopic (exact) mass is 497 g/mol. The van der Waals surface area contributed by atoms with Gasteiger partial charge in [-0.25, -0.2) is 8.42 Å². The van der Waals surface area contributed by atoms with Crippen LogP contribution in [0, 0.1) is 0 Å². The summed E-state index contributed by atoms with van der Waals surface area (Å²) in [5.41, 5.74) is 0.697. The summed E-state index contributed by atoms with van der Waals surface area (Å²) in [4.78, 5) is 25.9. The highest BCUT2D eigenvalue weighted by Gasteiger charge is 2.39. The molecule has 1 amide bonds. The molecule has 0 bridgehead atoms. The van der Waals surface area contributed by atoms with Crippen LogP contribution in [0.15, 0.2) is 64.5 Å². The number of benzene rings is 2. The molecule has 1 aliphatic heterocycles. The van der Waals surface area contributed by atoms with Crippen molar-refractivity contribution in [1.29, 1.82) is 0 Å². The fourth-order valence-corrected chi connectivity index (χ4v) is 7.18. The summed E-state index contributed by atoms with van der Waals surface area (Å²) < 4.78 is 27.0. The van der Waals surface area contributed by atoms with Crippen LogP contribution < -0.4 is 10.9 Å². The molecule has 1 saturated heterocycles. The zero-order chi connectivity index (χ0) is 23.9. The van der Waals surface area contributed by atoms with E-state index in [1.165, 1.54) is 11.8 Å². The maximum Gasteiger partial charge on any atom is 0.263 e. The molecule has 11 heteroatoms. The molecule has 3 heterocycles. The first-order chi connectivity index (χ1) is 16.2. The molecule has 0 radical (unpaired) electrons. The Bertz CT molecular complexity index is 1560. The molecule has 1 N–H and O–H groups in total. The number of sulfone groups is 1. The smallest absolute Gasteiger partial charge is 0.263 e. The third-order valence-corrected chi connectivity index (χ3v) is 8.77. The Labute approximate surface area is 200 Å². The van der Waals surface area contributed by atoms with Crippen LogP contribution in [0.4, 0.5) is 0 Å². The Morgan fingerprint density at radius 1 is 1.12 bits per heavy atom. The van der Waals surface area contributed by atoms with Gasteiger partial charge in [0.15, 0.2) is 15.0 Å². The van der Waals surface area contributed by atoms with Crippen molar-refractivity contribution < 1.29 is 13.2 Å². The number of carbonyl (C=O) groups excluding carboxylic acids is 1. The lowest BCUT2D eigenvalue weighted by molar-refractivity contribution is -0.120. The largest absolute Gasteiger partial charge is 0.349 e. The van der Waals surface area contributed by atoms with Gasteiger partial charge in [0, 0.05) is 0 Å². The number of rotatable bonds is 6. The second kappa shape index (κ2) is 8.55. The normalized spacial score (nSPS) is 19.6. The molecule has 5 rings (SSSR count). The van der Waals surface area contributed by atoms with Crippen LogP contribution in [-0.4, -0.2) is 56.3 Å². The highest BCUT2D eigenvalue weighted by Crippen LogP contribution is 2.25. The van der Waals surface area contributed by atoms with E-state index in [0.717, 1.165) is 5.56 Å². The second-order valence-electron chi connectivity index (χ2n) is 8.75. The van der Waals surface area contributed by atoms with Crippen molar-refractivity contribution in [3.05, 3.63) is 70.5 Å². The molecule has 1 atom stereocenters. The number of fused-ring (bicyclic) bond motifs is 3. The lowest BCUT2D eigenvalue weighted by atomic mass is 10.0. The fourth-order valence-electron chi connectivity index (χ4n) is 4.35. The van der Waals surface area contributed by atoms with Gasteiger partial charge in [-0.05, 0) is 31.0 Å². The molecule has 4 aromatic rings. The predicted octanol–water partition coefficient (Wildman–Crippen LogP) is 1.88. The van der Waals surface area contributed by atoms with E-state index in [0.29, 0.717) is 34.8 Å². The van der Waals surface area contributed by atoms with Gasteiger partial charge in [-0.1, -0.05) is 54.2 Å². The summed E-state index contributed by atoms with van der Waals surface area (Å²) in [6.07, 6.45) is 0.399. The van der Waals surface area contributed by atoms with E-state index in [9.17, 15) is 18.0 Å². The van der Waals surface area contributed by atoms with E-state index in [1.54, 1.807) is 22.0 Å². The van der Waals surface area contributed by atoms with Crippen LogP contribution in [0.1, 0.15) is 18.9 Å². The second-order valence-corrected chi connectivity index (χ2v) is 11.9. The van der Waals surface area contributed by atoms with Gasteiger partial charge in [0.1, 0.15) is 0 Å². The summed E-state index contributed by atoms with van der Waals surface area (Å²) in [5.74, 6) is 0.187. The molecule has 9 nitrogen and oxygen atoms in total. The first kappa shape index (κ1) is 22.6. The van der Waals surface area contributed by atoms with E-state index < -0.39 is 15.4 Å². The highest BCUT2D eigenvalue weighted by atomic mass is 32.2. The molecule has 34 heavy (non-hydrogen) atoms. The van der Waals surface area contributed by atoms with Crippen molar-refractivity contribution in [2.24, 2.45) is 0 Å². The Balaban J connectivity index is 1.47. The van der Waals surface area contributed by atoms with Gasteiger partial charge in [-0.15, -0.1) is 10.2 Å². The van der Waals surface area contributed by atoms with Crippen LogP contribution >= 0.6 is 11.8 Å². The molecule has 1 aliphatic rings. The minimum Gasteiger partial charge on any atom is -0.349 e.